The topological polar surface area (TPSA) is 29.5 Å². The van der Waals surface area contributed by atoms with Crippen molar-refractivity contribution in [2.45, 2.75) is 32.3 Å². The molecule has 0 heterocycles. The van der Waals surface area contributed by atoms with Crippen LogP contribution in [-0.2, 0) is 4.89 Å². The van der Waals surface area contributed by atoms with Crippen molar-refractivity contribution in [1.29, 1.82) is 0 Å². The van der Waals surface area contributed by atoms with E-state index >= 15 is 0 Å². The second-order valence-electron chi connectivity index (χ2n) is 2.02. The van der Waals surface area contributed by atoms with Crippen LogP contribution < -0.4 is 0 Å². The lowest BCUT2D eigenvalue weighted by molar-refractivity contribution is -0.273. The maximum Gasteiger partial charge on any atom is 0.102 e. The quantitative estimate of drug-likeness (QED) is 0.348. The van der Waals surface area contributed by atoms with Crippen LogP contribution in [0.2, 0.25) is 0 Å². The Morgan fingerprint density at radius 2 is 2.33 bits per heavy atom. The van der Waals surface area contributed by atoms with Crippen LogP contribution in [0.4, 0.5) is 0 Å². The van der Waals surface area contributed by atoms with Crippen LogP contribution in [0.3, 0.4) is 0 Å². The molecular weight excluding hydrogens is 231 g/mol. The number of unbranched alkanes of at least 4 members (excludes halogenated alkanes) is 1. The van der Waals surface area contributed by atoms with Gasteiger partial charge in [-0.1, -0.05) is 42.4 Å². The van der Waals surface area contributed by atoms with Gasteiger partial charge in [0.1, 0.15) is 6.10 Å². The van der Waals surface area contributed by atoms with Crippen molar-refractivity contribution in [3.8, 4) is 0 Å². The normalized spacial score (nSPS) is 13.7. The summed E-state index contributed by atoms with van der Waals surface area (Å²) in [6, 6.07) is 0. The van der Waals surface area contributed by atoms with E-state index in [0.29, 0.717) is 0 Å². The highest BCUT2D eigenvalue weighted by molar-refractivity contribution is 14.1. The van der Waals surface area contributed by atoms with Crippen molar-refractivity contribution in [3.63, 3.8) is 0 Å². The third-order valence-electron chi connectivity index (χ3n) is 1.20. The zero-order valence-electron chi connectivity index (χ0n) is 5.64. The van der Waals surface area contributed by atoms with E-state index in [1.165, 1.54) is 0 Å². The van der Waals surface area contributed by atoms with Gasteiger partial charge in [0.15, 0.2) is 0 Å². The van der Waals surface area contributed by atoms with Crippen molar-refractivity contribution < 1.29 is 10.1 Å². The lowest BCUT2D eigenvalue weighted by Crippen LogP contribution is -2.11. The van der Waals surface area contributed by atoms with Gasteiger partial charge in [-0.15, -0.1) is 0 Å². The van der Waals surface area contributed by atoms with Crippen molar-refractivity contribution in [2.24, 2.45) is 0 Å². The minimum atomic E-state index is 0.0468. The third-order valence-corrected chi connectivity index (χ3v) is 2.18. The van der Waals surface area contributed by atoms with Crippen LogP contribution in [0.1, 0.15) is 26.2 Å². The summed E-state index contributed by atoms with van der Waals surface area (Å²) in [5.74, 6) is 0. The molecule has 0 fully saturated rings. The smallest absolute Gasteiger partial charge is 0.102 e. The van der Waals surface area contributed by atoms with Crippen LogP contribution >= 0.6 is 22.6 Å². The molecule has 0 radical (unpaired) electrons. The van der Waals surface area contributed by atoms with Gasteiger partial charge < -0.3 is 0 Å². The summed E-state index contributed by atoms with van der Waals surface area (Å²) in [7, 11) is 0. The highest BCUT2D eigenvalue weighted by atomic mass is 127. The van der Waals surface area contributed by atoms with Gasteiger partial charge in [0.2, 0.25) is 0 Å². The molecule has 0 bridgehead atoms. The number of halogens is 1. The van der Waals surface area contributed by atoms with Gasteiger partial charge in [0.05, 0.1) is 0 Å². The Bertz CT molecular complexity index is 55.0. The molecule has 0 rings (SSSR count). The largest absolute Gasteiger partial charge is 0.252 e. The highest BCUT2D eigenvalue weighted by Crippen LogP contribution is 2.05. The Kier molecular flexibility index (Phi) is 7.25. The van der Waals surface area contributed by atoms with Crippen LogP contribution in [-0.4, -0.2) is 15.8 Å². The van der Waals surface area contributed by atoms with Crippen LogP contribution in [0.5, 0.6) is 0 Å². The standard InChI is InChI=1S/C6H13IO2/c1-2-3-4-6(5-7)9-8/h6,8H,2-5H2,1H3. The molecule has 0 aromatic carbocycles. The molecule has 0 saturated carbocycles. The third kappa shape index (κ3) is 5.11. The van der Waals surface area contributed by atoms with Crippen molar-refractivity contribution >= 4 is 22.6 Å². The first-order valence-electron chi connectivity index (χ1n) is 3.21. The lowest BCUT2D eigenvalue weighted by atomic mass is 10.2. The van der Waals surface area contributed by atoms with E-state index in [1.54, 1.807) is 0 Å². The molecule has 3 heteroatoms. The summed E-state index contributed by atoms with van der Waals surface area (Å²) < 4.78 is 0.869. The second kappa shape index (κ2) is 6.77. The van der Waals surface area contributed by atoms with Gasteiger partial charge in [-0.2, -0.15) is 0 Å². The number of hydrogen-bond donors (Lipinski definition) is 1. The maximum absolute atomic E-state index is 8.25. The summed E-state index contributed by atoms with van der Waals surface area (Å²) in [5, 5.41) is 8.25. The molecule has 9 heavy (non-hydrogen) atoms. The van der Waals surface area contributed by atoms with Crippen molar-refractivity contribution in [1.82, 2.24) is 0 Å². The average molecular weight is 244 g/mol. The van der Waals surface area contributed by atoms with E-state index in [2.05, 4.69) is 34.4 Å². The van der Waals surface area contributed by atoms with Crippen LogP contribution in [0.15, 0.2) is 0 Å². The predicted octanol–water partition coefficient (Wildman–Crippen LogP) is 2.47. The van der Waals surface area contributed by atoms with E-state index < -0.39 is 0 Å². The Balaban J connectivity index is 3.09. The molecule has 0 aliphatic heterocycles. The van der Waals surface area contributed by atoms with E-state index in [4.69, 9.17) is 5.26 Å². The fraction of sp³-hybridized carbons (Fsp3) is 1.00. The monoisotopic (exact) mass is 244 g/mol. The SMILES string of the molecule is CCCCC(CI)OO. The molecule has 0 saturated heterocycles. The van der Waals surface area contributed by atoms with Gasteiger partial charge in [0, 0.05) is 4.43 Å². The van der Waals surface area contributed by atoms with Gasteiger partial charge in [0.25, 0.3) is 0 Å². The maximum atomic E-state index is 8.25. The van der Waals surface area contributed by atoms with Gasteiger partial charge in [-0.05, 0) is 6.42 Å². The van der Waals surface area contributed by atoms with Crippen molar-refractivity contribution in [2.75, 3.05) is 4.43 Å². The second-order valence-corrected chi connectivity index (χ2v) is 2.90. The zero-order valence-corrected chi connectivity index (χ0v) is 7.80. The van der Waals surface area contributed by atoms with Crippen LogP contribution in [0.25, 0.3) is 0 Å². The van der Waals surface area contributed by atoms with Gasteiger partial charge in [-0.25, -0.2) is 4.89 Å². The minimum absolute atomic E-state index is 0.0468. The Labute approximate surface area is 69.7 Å². The fourth-order valence-electron chi connectivity index (χ4n) is 0.590. The molecule has 0 aromatic heterocycles. The van der Waals surface area contributed by atoms with Gasteiger partial charge >= 0.3 is 0 Å². The first-order chi connectivity index (χ1) is 4.35. The molecule has 2 nitrogen and oxygen atoms in total. The van der Waals surface area contributed by atoms with Crippen LogP contribution in [0, 0.1) is 0 Å². The summed E-state index contributed by atoms with van der Waals surface area (Å²) in [6.45, 7) is 2.13. The summed E-state index contributed by atoms with van der Waals surface area (Å²) in [6.07, 6.45) is 3.31. The number of hydrogen-bond acceptors (Lipinski definition) is 2. The molecule has 0 amide bonds. The highest BCUT2D eigenvalue weighted by Gasteiger charge is 2.04. The molecule has 0 aliphatic rings. The molecule has 1 unspecified atom stereocenters. The summed E-state index contributed by atoms with van der Waals surface area (Å²) in [4.78, 5) is 4.19. The lowest BCUT2D eigenvalue weighted by Gasteiger charge is -2.07. The first kappa shape index (κ1) is 9.65. The first-order valence-corrected chi connectivity index (χ1v) is 4.73. The molecule has 0 spiro atoms. The molecule has 0 aliphatic carbocycles. The minimum Gasteiger partial charge on any atom is -0.252 e. The van der Waals surface area contributed by atoms with E-state index in [1.807, 2.05) is 0 Å². The fourth-order valence-corrected chi connectivity index (χ4v) is 1.19. The Morgan fingerprint density at radius 3 is 2.67 bits per heavy atom. The Hall–Kier alpha value is 0.650. The molecule has 56 valence electrons. The van der Waals surface area contributed by atoms with Gasteiger partial charge in [-0.3, -0.25) is 5.26 Å². The molecule has 1 atom stereocenters. The predicted molar refractivity (Wildman–Crippen MR) is 45.9 cm³/mol. The molecule has 1 N–H and O–H groups in total. The van der Waals surface area contributed by atoms with E-state index in [9.17, 15) is 0 Å². The summed E-state index contributed by atoms with van der Waals surface area (Å²) >= 11 is 2.20. The zero-order chi connectivity index (χ0) is 7.11. The molecule has 0 aromatic rings. The number of alkyl halides is 1. The average Bonchev–Trinajstić information content (AvgIpc) is 1.91. The molecular formula is C6H13IO2. The summed E-state index contributed by atoms with van der Waals surface area (Å²) in [5.41, 5.74) is 0. The number of rotatable bonds is 5. The van der Waals surface area contributed by atoms with E-state index in [-0.39, 0.29) is 6.10 Å². The van der Waals surface area contributed by atoms with E-state index in [0.717, 1.165) is 23.7 Å². The Morgan fingerprint density at radius 1 is 1.67 bits per heavy atom. The van der Waals surface area contributed by atoms with Crippen molar-refractivity contribution in [3.05, 3.63) is 0 Å².